The fourth-order valence-electron chi connectivity index (χ4n) is 6.12. The monoisotopic (exact) mass is 905 g/mol. The quantitative estimate of drug-likeness (QED) is 0.123. The standard InChI is InChI=1S/C31H22NS.C14H16GeN.Ir/c1-21(22-9-4-2-5-10-22)24-17-18-32-28(19-24)25-15-16-27-30(20-25)33-29-14-8-13-26(31(27)29)23-11-6-3-7-12-23;1-15(2,3)13-9-10-14(16-11-13)12-7-5-4-6-8-12;/h2-14,16-21H,1H3;4-7,9-11H,1-3H3;/q2*-1;. The summed E-state index contributed by atoms with van der Waals surface area (Å²) >= 11 is 0.123. The first kappa shape index (κ1) is 35.6. The average molecular weight is 904 g/mol. The number of hydrogen-bond donors (Lipinski definition) is 0. The van der Waals surface area contributed by atoms with E-state index in [1.54, 1.807) is 0 Å². The largest absolute Gasteiger partial charge is 0 e. The summed E-state index contributed by atoms with van der Waals surface area (Å²) < 4.78 is 4.02. The molecule has 5 heteroatoms. The van der Waals surface area contributed by atoms with E-state index in [4.69, 9.17) is 0 Å². The molecule has 5 aromatic carbocycles. The number of benzene rings is 5. The van der Waals surface area contributed by atoms with Crippen molar-refractivity contribution in [1.82, 2.24) is 9.97 Å². The van der Waals surface area contributed by atoms with Crippen LogP contribution in [0.2, 0.25) is 17.3 Å². The molecule has 249 valence electrons. The molecule has 0 amide bonds. The van der Waals surface area contributed by atoms with Crippen molar-refractivity contribution >= 4 is 49.2 Å². The van der Waals surface area contributed by atoms with E-state index in [0.717, 1.165) is 22.5 Å². The van der Waals surface area contributed by atoms with Crippen LogP contribution in [0.5, 0.6) is 0 Å². The zero-order valence-corrected chi connectivity index (χ0v) is 34.0. The maximum Gasteiger partial charge on any atom is 0 e. The second-order valence-electron chi connectivity index (χ2n) is 13.3. The third kappa shape index (κ3) is 7.90. The van der Waals surface area contributed by atoms with Crippen LogP contribution in [0.4, 0.5) is 0 Å². The summed E-state index contributed by atoms with van der Waals surface area (Å²) in [5, 5.41) is 2.57. The van der Waals surface area contributed by atoms with Crippen LogP contribution in [-0.2, 0) is 20.1 Å². The van der Waals surface area contributed by atoms with Gasteiger partial charge in [0.15, 0.2) is 0 Å². The van der Waals surface area contributed by atoms with Gasteiger partial charge < -0.3 is 4.98 Å². The van der Waals surface area contributed by atoms with E-state index in [1.807, 2.05) is 48.0 Å². The van der Waals surface area contributed by atoms with Gasteiger partial charge in [-0.05, 0) is 50.2 Å². The Hall–Kier alpha value is -4.19. The Balaban J connectivity index is 0.000000215. The Morgan fingerprint density at radius 1 is 0.640 bits per heavy atom. The summed E-state index contributed by atoms with van der Waals surface area (Å²) in [6.45, 7) is 2.25. The first-order valence-corrected chi connectivity index (χ1v) is 24.9. The van der Waals surface area contributed by atoms with Crippen molar-refractivity contribution in [2.75, 3.05) is 0 Å². The second-order valence-corrected chi connectivity index (χ2v) is 25.1. The summed E-state index contributed by atoms with van der Waals surface area (Å²) in [6, 6.07) is 55.6. The first-order chi connectivity index (χ1) is 23.8. The smallest absolute Gasteiger partial charge is 0 e. The van der Waals surface area contributed by atoms with E-state index >= 15 is 0 Å². The van der Waals surface area contributed by atoms with Gasteiger partial charge in [0, 0.05) is 36.9 Å². The summed E-state index contributed by atoms with van der Waals surface area (Å²) in [5.41, 5.74) is 9.18. The third-order valence-corrected chi connectivity index (χ3v) is 14.4. The molecule has 1 atom stereocenters. The van der Waals surface area contributed by atoms with Crippen molar-refractivity contribution in [3.8, 4) is 33.6 Å². The molecule has 0 saturated carbocycles. The molecule has 0 N–H and O–H groups in total. The van der Waals surface area contributed by atoms with Crippen molar-refractivity contribution in [2.45, 2.75) is 30.1 Å². The summed E-state index contributed by atoms with van der Waals surface area (Å²) in [6.07, 6.45) is 3.96. The van der Waals surface area contributed by atoms with E-state index in [2.05, 4.69) is 162 Å². The summed E-state index contributed by atoms with van der Waals surface area (Å²) in [5.74, 6) is 7.46. The number of fused-ring (bicyclic) bond motifs is 3. The molecule has 0 spiro atoms. The van der Waals surface area contributed by atoms with Gasteiger partial charge in [-0.2, -0.15) is 11.3 Å². The van der Waals surface area contributed by atoms with Crippen molar-refractivity contribution in [3.05, 3.63) is 175 Å². The van der Waals surface area contributed by atoms with Gasteiger partial charge in [-0.3, -0.25) is 0 Å². The fraction of sp³-hybridized carbons (Fsp3) is 0.111. The molecular weight excluding hydrogens is 865 g/mol. The Labute approximate surface area is 316 Å². The van der Waals surface area contributed by atoms with Crippen LogP contribution in [0.3, 0.4) is 0 Å². The number of rotatable bonds is 6. The van der Waals surface area contributed by atoms with E-state index in [1.165, 1.54) is 46.8 Å². The van der Waals surface area contributed by atoms with Gasteiger partial charge >= 0.3 is 99.8 Å². The van der Waals surface area contributed by atoms with Gasteiger partial charge in [-0.25, -0.2) is 0 Å². The molecule has 3 aromatic heterocycles. The van der Waals surface area contributed by atoms with E-state index in [-0.39, 0.29) is 20.1 Å². The van der Waals surface area contributed by atoms with Crippen molar-refractivity contribution in [3.63, 3.8) is 0 Å². The van der Waals surface area contributed by atoms with Gasteiger partial charge in [0.25, 0.3) is 0 Å². The summed E-state index contributed by atoms with van der Waals surface area (Å²) in [7, 11) is 0. The van der Waals surface area contributed by atoms with Crippen molar-refractivity contribution in [2.24, 2.45) is 0 Å². The number of aromatic nitrogens is 2. The van der Waals surface area contributed by atoms with Crippen LogP contribution in [-0.4, -0.2) is 23.2 Å². The molecule has 1 unspecified atom stereocenters. The van der Waals surface area contributed by atoms with Crippen molar-refractivity contribution in [1.29, 1.82) is 0 Å². The third-order valence-electron chi connectivity index (χ3n) is 8.99. The molecule has 2 nitrogen and oxygen atoms in total. The van der Waals surface area contributed by atoms with Crippen LogP contribution < -0.4 is 4.40 Å². The number of hydrogen-bond acceptors (Lipinski definition) is 3. The minimum atomic E-state index is -1.72. The Kier molecular flexibility index (Phi) is 11.3. The number of nitrogens with zero attached hydrogens (tertiary/aromatic N) is 2. The fourth-order valence-corrected chi connectivity index (χ4v) is 9.44. The zero-order valence-electron chi connectivity index (χ0n) is 28.6. The van der Waals surface area contributed by atoms with Gasteiger partial charge in [0.2, 0.25) is 0 Å². The molecule has 8 rings (SSSR count). The van der Waals surface area contributed by atoms with E-state index in [9.17, 15) is 0 Å². The van der Waals surface area contributed by atoms with Crippen LogP contribution in [0.1, 0.15) is 24.0 Å². The molecule has 0 fully saturated rings. The summed E-state index contributed by atoms with van der Waals surface area (Å²) in [4.78, 5) is 9.22. The second kappa shape index (κ2) is 15.8. The molecule has 0 bridgehead atoms. The Morgan fingerprint density at radius 3 is 2.10 bits per heavy atom. The van der Waals surface area contributed by atoms with Crippen molar-refractivity contribution < 1.29 is 20.1 Å². The minimum absolute atomic E-state index is 0. The molecule has 3 heterocycles. The molecule has 0 aliphatic rings. The van der Waals surface area contributed by atoms with Crippen LogP contribution in [0, 0.1) is 12.1 Å². The Morgan fingerprint density at radius 2 is 1.40 bits per heavy atom. The van der Waals surface area contributed by atoms with Gasteiger partial charge in [0.1, 0.15) is 0 Å². The molecule has 50 heavy (non-hydrogen) atoms. The molecule has 8 aromatic rings. The Bertz CT molecular complexity index is 2310. The van der Waals surface area contributed by atoms with Crippen LogP contribution in [0.15, 0.2) is 152 Å². The van der Waals surface area contributed by atoms with Gasteiger partial charge in [0.05, 0.1) is 0 Å². The normalized spacial score (nSPS) is 11.8. The average Bonchev–Trinajstić information content (AvgIpc) is 3.54. The molecule has 0 saturated heterocycles. The molecular formula is C45H38GeIrN2S-2. The zero-order chi connectivity index (χ0) is 33.8. The molecule has 0 aliphatic carbocycles. The van der Waals surface area contributed by atoms with Gasteiger partial charge in [-0.15, -0.1) is 23.8 Å². The maximum absolute atomic E-state index is 4.68. The minimum Gasteiger partial charge on any atom is 0 e. The topological polar surface area (TPSA) is 25.8 Å². The SMILES string of the molecule is CC(c1ccccc1)c1ccnc(-c2[c-]cc3c(c2)sc2cccc(-c4ccccc4)c23)c1.[CH3][Ge]([CH3])([CH3])[c]1ccc(-c2[c-]cccc2)nc1.[Ir]. The van der Waals surface area contributed by atoms with E-state index in [0.29, 0.717) is 5.92 Å². The van der Waals surface area contributed by atoms with Crippen LogP contribution >= 0.6 is 11.3 Å². The number of thiophene rings is 1. The number of pyridine rings is 2. The van der Waals surface area contributed by atoms with Gasteiger partial charge in [-0.1, -0.05) is 91.2 Å². The van der Waals surface area contributed by atoms with Crippen LogP contribution in [0.25, 0.3) is 53.8 Å². The van der Waals surface area contributed by atoms with E-state index < -0.39 is 13.3 Å². The predicted octanol–water partition coefficient (Wildman–Crippen LogP) is 11.8. The maximum atomic E-state index is 4.68. The molecule has 0 aliphatic heterocycles. The first-order valence-electron chi connectivity index (χ1n) is 16.7. The molecule has 1 radical (unpaired) electrons. The predicted molar refractivity (Wildman–Crippen MR) is 212 cm³/mol.